The first kappa shape index (κ1) is 15.7. The third kappa shape index (κ3) is 2.97. The molecule has 4 rings (SSSR count). The van der Waals surface area contributed by atoms with E-state index < -0.39 is 0 Å². The molecule has 1 N–H and O–H groups in total. The zero-order chi connectivity index (χ0) is 17.4. The first-order chi connectivity index (χ1) is 12.2. The predicted octanol–water partition coefficient (Wildman–Crippen LogP) is 3.82. The van der Waals surface area contributed by atoms with E-state index in [-0.39, 0.29) is 5.75 Å². The Morgan fingerprint density at radius 3 is 2.80 bits per heavy atom. The topological polar surface area (TPSA) is 58.5 Å². The summed E-state index contributed by atoms with van der Waals surface area (Å²) < 4.78 is 5.24. The summed E-state index contributed by atoms with van der Waals surface area (Å²) in [4.78, 5) is 11.4. The van der Waals surface area contributed by atoms with Crippen molar-refractivity contribution < 1.29 is 9.84 Å². The number of aromatic nitrogens is 2. The van der Waals surface area contributed by atoms with Gasteiger partial charge in [-0.05, 0) is 49.1 Å². The third-order valence-corrected chi connectivity index (χ3v) is 4.71. The summed E-state index contributed by atoms with van der Waals surface area (Å²) in [7, 11) is 1.57. The van der Waals surface area contributed by atoms with Crippen LogP contribution in [-0.2, 0) is 6.54 Å². The number of nitrogens with zero attached hydrogens (tertiary/aromatic N) is 3. The van der Waals surface area contributed by atoms with Gasteiger partial charge in [-0.2, -0.15) is 0 Å². The molecule has 1 aliphatic carbocycles. The van der Waals surface area contributed by atoms with E-state index in [1.807, 2.05) is 24.3 Å². The number of anilines is 1. The Hall–Kier alpha value is -2.82. The molecule has 1 fully saturated rings. The summed E-state index contributed by atoms with van der Waals surface area (Å²) in [5.74, 6) is 1.64. The molecule has 0 radical (unpaired) electrons. The molecule has 0 spiro atoms. The van der Waals surface area contributed by atoms with Crippen LogP contribution in [0.4, 0.5) is 5.82 Å². The van der Waals surface area contributed by atoms with E-state index >= 15 is 0 Å². The van der Waals surface area contributed by atoms with E-state index in [9.17, 15) is 5.11 Å². The Kier molecular flexibility index (Phi) is 3.92. The number of aromatic hydroxyl groups is 1. The van der Waals surface area contributed by atoms with Crippen LogP contribution in [0.5, 0.6) is 11.5 Å². The van der Waals surface area contributed by atoms with Crippen LogP contribution in [0, 0.1) is 6.92 Å². The fraction of sp³-hybridized carbons (Fsp3) is 0.300. The van der Waals surface area contributed by atoms with E-state index in [1.165, 1.54) is 18.4 Å². The fourth-order valence-electron chi connectivity index (χ4n) is 3.26. The average molecular weight is 335 g/mol. The number of fused-ring (bicyclic) bond motifs is 1. The maximum Gasteiger partial charge on any atom is 0.160 e. The number of ether oxygens (including phenoxy) is 1. The summed E-state index contributed by atoms with van der Waals surface area (Å²) in [6, 6.07) is 12.2. The molecule has 0 amide bonds. The van der Waals surface area contributed by atoms with Gasteiger partial charge in [-0.1, -0.05) is 18.2 Å². The molecular weight excluding hydrogens is 314 g/mol. The lowest BCUT2D eigenvalue weighted by molar-refractivity contribution is 0.373. The van der Waals surface area contributed by atoms with Gasteiger partial charge < -0.3 is 14.7 Å². The molecule has 1 aliphatic rings. The number of hydrogen-bond donors (Lipinski definition) is 1. The summed E-state index contributed by atoms with van der Waals surface area (Å²) in [5, 5.41) is 10.9. The quantitative estimate of drug-likeness (QED) is 0.768. The first-order valence-electron chi connectivity index (χ1n) is 8.50. The minimum atomic E-state index is 0.160. The second kappa shape index (κ2) is 6.24. The molecule has 2 aromatic carbocycles. The number of hydrogen-bond acceptors (Lipinski definition) is 5. The molecule has 3 aromatic rings. The van der Waals surface area contributed by atoms with E-state index in [4.69, 9.17) is 4.74 Å². The molecule has 1 aromatic heterocycles. The number of phenols is 1. The highest BCUT2D eigenvalue weighted by molar-refractivity contribution is 5.92. The van der Waals surface area contributed by atoms with E-state index in [0.717, 1.165) is 28.8 Å². The van der Waals surface area contributed by atoms with Gasteiger partial charge in [0.25, 0.3) is 0 Å². The summed E-state index contributed by atoms with van der Waals surface area (Å²) >= 11 is 0. The molecule has 5 nitrogen and oxygen atoms in total. The van der Waals surface area contributed by atoms with Crippen molar-refractivity contribution in [3.05, 3.63) is 53.9 Å². The minimum Gasteiger partial charge on any atom is -0.504 e. The van der Waals surface area contributed by atoms with Crippen molar-refractivity contribution >= 4 is 16.7 Å². The number of aryl methyl sites for hydroxylation is 1. The second-order valence-electron chi connectivity index (χ2n) is 6.53. The van der Waals surface area contributed by atoms with Crippen LogP contribution in [0.1, 0.15) is 24.0 Å². The highest BCUT2D eigenvalue weighted by Gasteiger charge is 2.31. The van der Waals surface area contributed by atoms with Gasteiger partial charge in [0.2, 0.25) is 0 Å². The Balaban J connectivity index is 1.76. The second-order valence-corrected chi connectivity index (χ2v) is 6.53. The van der Waals surface area contributed by atoms with Crippen molar-refractivity contribution in [3.8, 4) is 11.5 Å². The van der Waals surface area contributed by atoms with Gasteiger partial charge >= 0.3 is 0 Å². The predicted molar refractivity (Wildman–Crippen MR) is 98.1 cm³/mol. The van der Waals surface area contributed by atoms with Gasteiger partial charge in [-0.3, -0.25) is 0 Å². The van der Waals surface area contributed by atoms with Crippen molar-refractivity contribution in [2.24, 2.45) is 0 Å². The minimum absolute atomic E-state index is 0.160. The maximum atomic E-state index is 9.83. The molecule has 25 heavy (non-hydrogen) atoms. The van der Waals surface area contributed by atoms with Crippen LogP contribution in [0.25, 0.3) is 10.9 Å². The Labute approximate surface area is 146 Å². The molecule has 128 valence electrons. The van der Waals surface area contributed by atoms with Gasteiger partial charge in [0.05, 0.1) is 12.6 Å². The number of rotatable bonds is 5. The van der Waals surface area contributed by atoms with Crippen molar-refractivity contribution in [2.75, 3.05) is 12.0 Å². The molecule has 0 saturated heterocycles. The summed E-state index contributed by atoms with van der Waals surface area (Å²) in [5.41, 5.74) is 3.24. The number of methoxy groups -OCH3 is 1. The van der Waals surface area contributed by atoms with Crippen LogP contribution in [0.15, 0.2) is 42.7 Å². The smallest absolute Gasteiger partial charge is 0.160 e. The zero-order valence-corrected chi connectivity index (χ0v) is 14.4. The standard InChI is InChI=1S/C20H21N3O2/c1-13-4-3-5-16-19(13)20(22-12-21-16)23(15-7-8-15)11-14-6-9-17(24)18(10-14)25-2/h3-6,9-10,12,15,24H,7-8,11H2,1-2H3. The van der Waals surface area contributed by atoms with Gasteiger partial charge in [0, 0.05) is 18.0 Å². The monoisotopic (exact) mass is 335 g/mol. The van der Waals surface area contributed by atoms with Gasteiger partial charge in [0.1, 0.15) is 12.1 Å². The Morgan fingerprint density at radius 1 is 1.20 bits per heavy atom. The Morgan fingerprint density at radius 2 is 2.04 bits per heavy atom. The molecule has 5 heteroatoms. The summed E-state index contributed by atoms with van der Waals surface area (Å²) in [6.45, 7) is 2.83. The van der Waals surface area contributed by atoms with Gasteiger partial charge in [0.15, 0.2) is 11.5 Å². The molecule has 0 unspecified atom stereocenters. The van der Waals surface area contributed by atoms with Crippen LogP contribution in [0.2, 0.25) is 0 Å². The molecule has 0 bridgehead atoms. The highest BCUT2D eigenvalue weighted by atomic mass is 16.5. The van der Waals surface area contributed by atoms with Crippen molar-refractivity contribution in [1.82, 2.24) is 9.97 Å². The van der Waals surface area contributed by atoms with Crippen molar-refractivity contribution in [1.29, 1.82) is 0 Å². The fourth-order valence-corrected chi connectivity index (χ4v) is 3.26. The van der Waals surface area contributed by atoms with Crippen LogP contribution >= 0.6 is 0 Å². The summed E-state index contributed by atoms with van der Waals surface area (Å²) in [6.07, 6.45) is 3.99. The highest BCUT2D eigenvalue weighted by Crippen LogP contribution is 2.37. The van der Waals surface area contributed by atoms with Crippen LogP contribution in [0.3, 0.4) is 0 Å². The molecular formula is C20H21N3O2. The van der Waals surface area contributed by atoms with Gasteiger partial charge in [-0.25, -0.2) is 9.97 Å². The van der Waals surface area contributed by atoms with E-state index in [0.29, 0.717) is 11.8 Å². The van der Waals surface area contributed by atoms with E-state index in [1.54, 1.807) is 19.5 Å². The molecule has 1 saturated carbocycles. The lowest BCUT2D eigenvalue weighted by atomic mass is 10.1. The molecule has 1 heterocycles. The Bertz CT molecular complexity index is 917. The SMILES string of the molecule is COc1cc(CN(c2ncnc3cccc(C)c23)C2CC2)ccc1O. The van der Waals surface area contributed by atoms with Crippen molar-refractivity contribution in [3.63, 3.8) is 0 Å². The van der Waals surface area contributed by atoms with Crippen LogP contribution in [-0.4, -0.2) is 28.2 Å². The number of benzene rings is 2. The van der Waals surface area contributed by atoms with Crippen LogP contribution < -0.4 is 9.64 Å². The largest absolute Gasteiger partial charge is 0.504 e. The lowest BCUT2D eigenvalue weighted by Gasteiger charge is -2.25. The average Bonchev–Trinajstić information content (AvgIpc) is 3.46. The molecule has 0 aliphatic heterocycles. The van der Waals surface area contributed by atoms with Crippen molar-refractivity contribution in [2.45, 2.75) is 32.4 Å². The normalized spacial score (nSPS) is 13.8. The number of phenolic OH excluding ortho intramolecular Hbond substituents is 1. The van der Waals surface area contributed by atoms with E-state index in [2.05, 4.69) is 27.9 Å². The third-order valence-electron chi connectivity index (χ3n) is 4.71. The maximum absolute atomic E-state index is 9.83. The first-order valence-corrected chi connectivity index (χ1v) is 8.50. The van der Waals surface area contributed by atoms with Gasteiger partial charge in [-0.15, -0.1) is 0 Å². The lowest BCUT2D eigenvalue weighted by Crippen LogP contribution is -2.26. The molecule has 0 atom stereocenters. The zero-order valence-electron chi connectivity index (χ0n) is 14.4.